The number of hydrogen-bond donors (Lipinski definition) is 2. The van der Waals surface area contributed by atoms with Crippen LogP contribution in [-0.4, -0.2) is 21.0 Å². The Morgan fingerprint density at radius 1 is 0.955 bits per heavy atom. The Morgan fingerprint density at radius 3 is 1.95 bits per heavy atom. The summed E-state index contributed by atoms with van der Waals surface area (Å²) in [6.45, 7) is 4.24. The molecule has 2 rings (SSSR count). The minimum absolute atomic E-state index is 0.192. The van der Waals surface area contributed by atoms with Crippen molar-refractivity contribution in [2.45, 2.75) is 23.6 Å². The number of carbonyl (C=O) groups is 1. The molecule has 22 heavy (non-hydrogen) atoms. The van der Waals surface area contributed by atoms with Gasteiger partial charge in [0, 0.05) is 12.2 Å². The highest BCUT2D eigenvalue weighted by atomic mass is 32.2. The summed E-state index contributed by atoms with van der Waals surface area (Å²) >= 11 is 0. The van der Waals surface area contributed by atoms with Gasteiger partial charge in [0.1, 0.15) is 0 Å². The maximum atomic E-state index is 12.5. The maximum absolute atomic E-state index is 12.5. The average Bonchev–Trinajstić information content (AvgIpc) is 2.48. The number of aryl methyl sites for hydroxylation is 1. The van der Waals surface area contributed by atoms with Gasteiger partial charge < -0.3 is 10.6 Å². The number of carbonyl (C=O) groups excluding carboxylic acids is 1. The summed E-state index contributed by atoms with van der Waals surface area (Å²) in [5, 5.41) is 5.23. The number of anilines is 1. The first-order chi connectivity index (χ1) is 10.4. The molecule has 2 amide bonds. The van der Waals surface area contributed by atoms with Gasteiger partial charge in [0.15, 0.2) is 0 Å². The molecule has 0 unspecified atom stereocenters. The lowest BCUT2D eigenvalue weighted by Gasteiger charge is -2.08. The van der Waals surface area contributed by atoms with Crippen LogP contribution < -0.4 is 10.6 Å². The molecule has 0 saturated carbocycles. The maximum Gasteiger partial charge on any atom is 0.319 e. The van der Waals surface area contributed by atoms with Gasteiger partial charge in [-0.05, 0) is 50.2 Å². The van der Waals surface area contributed by atoms with E-state index in [1.165, 1.54) is 12.1 Å². The molecule has 0 aliphatic rings. The molecule has 116 valence electrons. The van der Waals surface area contributed by atoms with Crippen LogP contribution in [0.1, 0.15) is 12.5 Å². The summed E-state index contributed by atoms with van der Waals surface area (Å²) in [6.07, 6.45) is 0. The van der Waals surface area contributed by atoms with Gasteiger partial charge in [-0.15, -0.1) is 0 Å². The van der Waals surface area contributed by atoms with Crippen LogP contribution in [0.4, 0.5) is 10.5 Å². The van der Waals surface area contributed by atoms with E-state index >= 15 is 0 Å². The van der Waals surface area contributed by atoms with Crippen LogP contribution in [0.5, 0.6) is 0 Å². The highest BCUT2D eigenvalue weighted by Gasteiger charge is 2.17. The SMILES string of the molecule is CCNC(=O)Nc1ccc(S(=O)(=O)c2ccc(C)cc2)cc1. The molecule has 0 heterocycles. The van der Waals surface area contributed by atoms with Gasteiger partial charge in [0.05, 0.1) is 9.79 Å². The number of nitrogens with one attached hydrogen (secondary N) is 2. The first-order valence-electron chi connectivity index (χ1n) is 6.90. The standard InChI is InChI=1S/C16H18N2O3S/c1-3-17-16(19)18-13-6-10-15(11-7-13)22(20,21)14-8-4-12(2)5-9-14/h4-11H,3H2,1-2H3,(H2,17,18,19). The fourth-order valence-electron chi connectivity index (χ4n) is 1.91. The van der Waals surface area contributed by atoms with Crippen molar-refractivity contribution in [1.82, 2.24) is 5.32 Å². The Hall–Kier alpha value is -2.34. The van der Waals surface area contributed by atoms with Gasteiger partial charge in [0.2, 0.25) is 9.84 Å². The van der Waals surface area contributed by atoms with E-state index in [1.54, 1.807) is 36.4 Å². The molecule has 2 aromatic rings. The Labute approximate surface area is 130 Å². The van der Waals surface area contributed by atoms with E-state index in [-0.39, 0.29) is 15.8 Å². The zero-order valence-corrected chi connectivity index (χ0v) is 13.3. The summed E-state index contributed by atoms with van der Waals surface area (Å²) in [5.74, 6) is 0. The third kappa shape index (κ3) is 3.65. The molecule has 2 N–H and O–H groups in total. The van der Waals surface area contributed by atoms with E-state index in [4.69, 9.17) is 0 Å². The highest BCUT2D eigenvalue weighted by Crippen LogP contribution is 2.22. The summed E-state index contributed by atoms with van der Waals surface area (Å²) in [6, 6.07) is 12.5. The Balaban J connectivity index is 2.22. The van der Waals surface area contributed by atoms with Crippen molar-refractivity contribution >= 4 is 21.6 Å². The highest BCUT2D eigenvalue weighted by molar-refractivity contribution is 7.91. The Bertz CT molecular complexity index is 751. The quantitative estimate of drug-likeness (QED) is 0.910. The molecular weight excluding hydrogens is 300 g/mol. The monoisotopic (exact) mass is 318 g/mol. The van der Waals surface area contributed by atoms with Gasteiger partial charge in [0.25, 0.3) is 0 Å². The van der Waals surface area contributed by atoms with Crippen LogP contribution in [0.15, 0.2) is 58.3 Å². The summed E-state index contributed by atoms with van der Waals surface area (Å²) in [7, 11) is -3.54. The molecule has 0 atom stereocenters. The first-order valence-corrected chi connectivity index (χ1v) is 8.38. The van der Waals surface area contributed by atoms with E-state index in [2.05, 4.69) is 10.6 Å². The molecule has 0 bridgehead atoms. The molecule has 0 spiro atoms. The van der Waals surface area contributed by atoms with Crippen LogP contribution in [0.2, 0.25) is 0 Å². The fraction of sp³-hybridized carbons (Fsp3) is 0.188. The van der Waals surface area contributed by atoms with Crippen LogP contribution >= 0.6 is 0 Å². The Kier molecular flexibility index (Phi) is 4.82. The predicted molar refractivity (Wildman–Crippen MR) is 85.8 cm³/mol. The molecule has 0 aromatic heterocycles. The number of urea groups is 1. The first kappa shape index (κ1) is 16.0. The number of sulfone groups is 1. The van der Waals surface area contributed by atoms with Gasteiger partial charge >= 0.3 is 6.03 Å². The molecule has 0 aliphatic carbocycles. The fourth-order valence-corrected chi connectivity index (χ4v) is 3.17. The third-order valence-corrected chi connectivity index (χ3v) is 4.88. The van der Waals surface area contributed by atoms with E-state index in [0.29, 0.717) is 12.2 Å². The molecular formula is C16H18N2O3S. The molecule has 6 heteroatoms. The van der Waals surface area contributed by atoms with Crippen LogP contribution in [-0.2, 0) is 9.84 Å². The van der Waals surface area contributed by atoms with Crippen LogP contribution in [0.3, 0.4) is 0 Å². The minimum atomic E-state index is -3.54. The zero-order chi connectivity index (χ0) is 16.2. The molecule has 0 fully saturated rings. The lowest BCUT2D eigenvalue weighted by Crippen LogP contribution is -2.28. The van der Waals surface area contributed by atoms with Crippen molar-refractivity contribution in [3.63, 3.8) is 0 Å². The van der Waals surface area contributed by atoms with E-state index < -0.39 is 9.84 Å². The third-order valence-electron chi connectivity index (χ3n) is 3.09. The van der Waals surface area contributed by atoms with Gasteiger partial charge in [-0.2, -0.15) is 0 Å². The van der Waals surface area contributed by atoms with Crippen molar-refractivity contribution in [3.05, 3.63) is 54.1 Å². The predicted octanol–water partition coefficient (Wildman–Crippen LogP) is 2.97. The van der Waals surface area contributed by atoms with Gasteiger partial charge in [-0.1, -0.05) is 17.7 Å². The van der Waals surface area contributed by atoms with Crippen molar-refractivity contribution < 1.29 is 13.2 Å². The van der Waals surface area contributed by atoms with Crippen molar-refractivity contribution in [2.24, 2.45) is 0 Å². The van der Waals surface area contributed by atoms with Crippen molar-refractivity contribution in [3.8, 4) is 0 Å². The van der Waals surface area contributed by atoms with Gasteiger partial charge in [-0.3, -0.25) is 0 Å². The second kappa shape index (κ2) is 6.62. The van der Waals surface area contributed by atoms with E-state index in [9.17, 15) is 13.2 Å². The zero-order valence-electron chi connectivity index (χ0n) is 12.5. The van der Waals surface area contributed by atoms with Gasteiger partial charge in [-0.25, -0.2) is 13.2 Å². The number of benzene rings is 2. The number of rotatable bonds is 4. The normalized spacial score (nSPS) is 11.0. The van der Waals surface area contributed by atoms with E-state index in [1.807, 2.05) is 13.8 Å². The number of amides is 2. The summed E-state index contributed by atoms with van der Waals surface area (Å²) in [4.78, 5) is 11.9. The summed E-state index contributed by atoms with van der Waals surface area (Å²) in [5.41, 5.74) is 1.54. The largest absolute Gasteiger partial charge is 0.338 e. The lowest BCUT2D eigenvalue weighted by molar-refractivity contribution is 0.252. The molecule has 5 nitrogen and oxygen atoms in total. The second-order valence-corrected chi connectivity index (χ2v) is 6.78. The van der Waals surface area contributed by atoms with Crippen molar-refractivity contribution in [1.29, 1.82) is 0 Å². The minimum Gasteiger partial charge on any atom is -0.338 e. The lowest BCUT2D eigenvalue weighted by atomic mass is 10.2. The molecule has 2 aromatic carbocycles. The Morgan fingerprint density at radius 2 is 1.45 bits per heavy atom. The smallest absolute Gasteiger partial charge is 0.319 e. The molecule has 0 radical (unpaired) electrons. The van der Waals surface area contributed by atoms with Crippen LogP contribution in [0.25, 0.3) is 0 Å². The second-order valence-electron chi connectivity index (χ2n) is 4.83. The molecule has 0 saturated heterocycles. The van der Waals surface area contributed by atoms with Crippen molar-refractivity contribution in [2.75, 3.05) is 11.9 Å². The summed E-state index contributed by atoms with van der Waals surface area (Å²) < 4.78 is 25.0. The topological polar surface area (TPSA) is 75.3 Å². The number of hydrogen-bond acceptors (Lipinski definition) is 3. The molecule has 0 aliphatic heterocycles. The van der Waals surface area contributed by atoms with Crippen LogP contribution in [0, 0.1) is 6.92 Å². The van der Waals surface area contributed by atoms with E-state index in [0.717, 1.165) is 5.56 Å². The average molecular weight is 318 g/mol.